The van der Waals surface area contributed by atoms with Gasteiger partial charge in [-0.2, -0.15) is 23.4 Å². The highest BCUT2D eigenvalue weighted by molar-refractivity contribution is 7.22. The zero-order valence-electron chi connectivity index (χ0n) is 24.1. The standard InChI is InChI=1S/C34H21F3N6O2S2/c35-34(36,37)23-12-19(11-22-27(44)15-20(30(22)23)16-38-42-32-39-24-7-3-4-8-28(24)46-32)17-9-10-29-25(13-17)40-33(47-29)43-41-26-14-18-5-1-2-6-21(18)31(26)45/h1-13,16,20H,14-15H2,(H,39,42)(H,40,43)/b38-16+,41-26-. The first-order valence-corrected chi connectivity index (χ1v) is 16.1. The molecule has 8 rings (SSSR count). The third kappa shape index (κ3) is 5.36. The van der Waals surface area contributed by atoms with E-state index in [2.05, 4.69) is 31.0 Å². The Hall–Kier alpha value is -5.27. The van der Waals surface area contributed by atoms with Crippen molar-refractivity contribution in [3.63, 3.8) is 0 Å². The summed E-state index contributed by atoms with van der Waals surface area (Å²) in [5.41, 5.74) is 8.75. The van der Waals surface area contributed by atoms with E-state index >= 15 is 0 Å². The Labute approximate surface area is 272 Å². The number of Topliss-reactive ketones (excluding diaryl/α,β-unsaturated/α-hetero) is 2. The first kappa shape index (κ1) is 29.2. The number of ketones is 2. The van der Waals surface area contributed by atoms with Crippen molar-refractivity contribution in [1.29, 1.82) is 0 Å². The molecular formula is C34H21F3N6O2S2. The number of hydrogen-bond donors (Lipinski definition) is 2. The van der Waals surface area contributed by atoms with Gasteiger partial charge in [-0.25, -0.2) is 9.97 Å². The highest BCUT2D eigenvalue weighted by Gasteiger charge is 2.41. The minimum atomic E-state index is -4.70. The average molecular weight is 667 g/mol. The second-order valence-corrected chi connectivity index (χ2v) is 13.2. The van der Waals surface area contributed by atoms with E-state index in [4.69, 9.17) is 0 Å². The molecule has 0 amide bonds. The van der Waals surface area contributed by atoms with Crippen LogP contribution in [0.5, 0.6) is 0 Å². The zero-order chi connectivity index (χ0) is 32.3. The number of rotatable bonds is 6. The fourth-order valence-electron chi connectivity index (χ4n) is 6.00. The van der Waals surface area contributed by atoms with Crippen LogP contribution in [0.3, 0.4) is 0 Å². The Kier molecular flexibility index (Phi) is 6.95. The lowest BCUT2D eigenvalue weighted by molar-refractivity contribution is -0.138. The number of nitrogens with zero attached hydrogens (tertiary/aromatic N) is 4. The quantitative estimate of drug-likeness (QED) is 0.136. The molecule has 47 heavy (non-hydrogen) atoms. The Bertz CT molecular complexity index is 2290. The summed E-state index contributed by atoms with van der Waals surface area (Å²) in [7, 11) is 0. The molecule has 2 aliphatic rings. The molecule has 2 heterocycles. The first-order chi connectivity index (χ1) is 22.7. The van der Waals surface area contributed by atoms with Crippen LogP contribution >= 0.6 is 22.7 Å². The number of hydrogen-bond acceptors (Lipinski definition) is 10. The third-order valence-corrected chi connectivity index (χ3v) is 10.0. The van der Waals surface area contributed by atoms with Crippen LogP contribution in [-0.4, -0.2) is 33.5 Å². The molecule has 2 aliphatic carbocycles. The number of anilines is 2. The van der Waals surface area contributed by atoms with Gasteiger partial charge >= 0.3 is 6.18 Å². The van der Waals surface area contributed by atoms with E-state index in [1.54, 1.807) is 24.3 Å². The minimum Gasteiger partial charge on any atom is -0.294 e. The Morgan fingerprint density at radius 2 is 1.55 bits per heavy atom. The van der Waals surface area contributed by atoms with Gasteiger partial charge in [0.1, 0.15) is 5.71 Å². The molecule has 13 heteroatoms. The van der Waals surface area contributed by atoms with Crippen LogP contribution in [0.25, 0.3) is 31.6 Å². The predicted octanol–water partition coefficient (Wildman–Crippen LogP) is 8.57. The van der Waals surface area contributed by atoms with Crippen LogP contribution in [0.1, 0.15) is 49.7 Å². The number of thiazole rings is 2. The molecule has 0 aliphatic heterocycles. The first-order valence-electron chi connectivity index (χ1n) is 14.5. The molecule has 0 bridgehead atoms. The van der Waals surface area contributed by atoms with Crippen molar-refractivity contribution < 1.29 is 22.8 Å². The van der Waals surface area contributed by atoms with E-state index in [-0.39, 0.29) is 34.7 Å². The maximum atomic E-state index is 14.5. The molecule has 0 saturated heterocycles. The average Bonchev–Trinajstić information content (AvgIpc) is 3.82. The van der Waals surface area contributed by atoms with Crippen molar-refractivity contribution in [2.45, 2.75) is 24.9 Å². The molecule has 232 valence electrons. The Morgan fingerprint density at radius 1 is 0.809 bits per heavy atom. The summed E-state index contributed by atoms with van der Waals surface area (Å²) in [6.45, 7) is 0. The predicted molar refractivity (Wildman–Crippen MR) is 179 cm³/mol. The van der Waals surface area contributed by atoms with Crippen molar-refractivity contribution in [1.82, 2.24) is 9.97 Å². The van der Waals surface area contributed by atoms with Crippen molar-refractivity contribution in [2.75, 3.05) is 10.9 Å². The van der Waals surface area contributed by atoms with Crippen LogP contribution in [0.2, 0.25) is 0 Å². The summed E-state index contributed by atoms with van der Waals surface area (Å²) in [6.07, 6.45) is -3.05. The number of para-hydroxylation sites is 1. The maximum absolute atomic E-state index is 14.5. The normalized spacial score (nSPS) is 16.9. The molecule has 4 aromatic carbocycles. The van der Waals surface area contributed by atoms with Crippen LogP contribution in [-0.2, 0) is 12.6 Å². The summed E-state index contributed by atoms with van der Waals surface area (Å²) in [4.78, 5) is 34.7. The maximum Gasteiger partial charge on any atom is 0.416 e. The largest absolute Gasteiger partial charge is 0.416 e. The van der Waals surface area contributed by atoms with E-state index in [0.29, 0.717) is 39.0 Å². The SMILES string of the molecule is O=C1/C(=N\Nc2nc3cc(-c4cc5c(c(C(F)(F)F)c4)C(/C=N/Nc4nc6ccccc6s4)CC5=O)ccc3s2)Cc2ccccc21. The lowest BCUT2D eigenvalue weighted by Gasteiger charge is -2.17. The lowest BCUT2D eigenvalue weighted by Crippen LogP contribution is -2.12. The number of carbonyl (C=O) groups excluding carboxylic acids is 2. The molecule has 0 fully saturated rings. The van der Waals surface area contributed by atoms with Gasteiger partial charge in [-0.1, -0.05) is 65.1 Å². The molecule has 6 aromatic rings. The summed E-state index contributed by atoms with van der Waals surface area (Å²) < 4.78 is 45.2. The summed E-state index contributed by atoms with van der Waals surface area (Å²) in [5.74, 6) is -1.37. The van der Waals surface area contributed by atoms with Crippen LogP contribution in [0.4, 0.5) is 23.4 Å². The molecule has 1 unspecified atom stereocenters. The van der Waals surface area contributed by atoms with Gasteiger partial charge in [-0.05, 0) is 58.7 Å². The fraction of sp³-hybridized carbons (Fsp3) is 0.118. The Morgan fingerprint density at radius 3 is 2.36 bits per heavy atom. The fourth-order valence-corrected chi connectivity index (χ4v) is 7.60. The van der Waals surface area contributed by atoms with Crippen molar-refractivity contribution in [3.05, 3.63) is 107 Å². The van der Waals surface area contributed by atoms with Gasteiger partial charge in [0.2, 0.25) is 16.0 Å². The summed E-state index contributed by atoms with van der Waals surface area (Å²) in [5, 5.41) is 9.39. The van der Waals surface area contributed by atoms with Gasteiger partial charge < -0.3 is 0 Å². The molecule has 8 nitrogen and oxygen atoms in total. The second kappa shape index (κ2) is 11.2. The number of fused-ring (bicyclic) bond motifs is 4. The number of nitrogens with one attached hydrogen (secondary N) is 2. The van der Waals surface area contributed by atoms with Gasteiger partial charge in [0, 0.05) is 36.1 Å². The van der Waals surface area contributed by atoms with Gasteiger partial charge in [0.05, 0.1) is 26.0 Å². The Balaban J connectivity index is 1.07. The van der Waals surface area contributed by atoms with Crippen LogP contribution < -0.4 is 10.9 Å². The van der Waals surface area contributed by atoms with Gasteiger partial charge in [-0.3, -0.25) is 20.4 Å². The lowest BCUT2D eigenvalue weighted by atomic mass is 9.91. The topological polar surface area (TPSA) is 109 Å². The molecule has 2 aromatic heterocycles. The number of halogens is 3. The van der Waals surface area contributed by atoms with E-state index in [0.717, 1.165) is 26.5 Å². The van der Waals surface area contributed by atoms with E-state index in [1.807, 2.05) is 42.5 Å². The van der Waals surface area contributed by atoms with E-state index in [1.165, 1.54) is 35.0 Å². The smallest absolute Gasteiger partial charge is 0.294 e. The zero-order valence-corrected chi connectivity index (χ0v) is 25.8. The van der Waals surface area contributed by atoms with Crippen molar-refractivity contribution in [2.24, 2.45) is 10.2 Å². The highest BCUT2D eigenvalue weighted by Crippen LogP contribution is 2.45. The number of carbonyl (C=O) groups is 2. The van der Waals surface area contributed by atoms with E-state index < -0.39 is 17.7 Å². The monoisotopic (exact) mass is 666 g/mol. The molecule has 0 saturated carbocycles. The van der Waals surface area contributed by atoms with Gasteiger partial charge in [0.15, 0.2) is 5.78 Å². The minimum absolute atomic E-state index is 0.0324. The highest BCUT2D eigenvalue weighted by atomic mass is 32.1. The summed E-state index contributed by atoms with van der Waals surface area (Å²) in [6, 6.07) is 22.6. The molecular weight excluding hydrogens is 646 g/mol. The number of hydrazone groups is 2. The van der Waals surface area contributed by atoms with Gasteiger partial charge in [-0.15, -0.1) is 0 Å². The summed E-state index contributed by atoms with van der Waals surface area (Å²) >= 11 is 2.68. The van der Waals surface area contributed by atoms with E-state index in [9.17, 15) is 22.8 Å². The van der Waals surface area contributed by atoms with Crippen LogP contribution in [0.15, 0.2) is 89.1 Å². The molecule has 1 atom stereocenters. The van der Waals surface area contributed by atoms with Gasteiger partial charge in [0.25, 0.3) is 0 Å². The number of benzene rings is 4. The third-order valence-electron chi connectivity index (χ3n) is 8.16. The second-order valence-electron chi connectivity index (χ2n) is 11.1. The molecule has 2 N–H and O–H groups in total. The number of aromatic nitrogens is 2. The van der Waals surface area contributed by atoms with Crippen molar-refractivity contribution >= 4 is 76.9 Å². The molecule has 0 spiro atoms. The van der Waals surface area contributed by atoms with Crippen LogP contribution in [0, 0.1) is 0 Å². The number of alkyl halides is 3. The molecule has 0 radical (unpaired) electrons. The van der Waals surface area contributed by atoms with Crippen molar-refractivity contribution in [3.8, 4) is 11.1 Å².